The zero-order valence-electron chi connectivity index (χ0n) is 10.7. The van der Waals surface area contributed by atoms with Gasteiger partial charge in [-0.25, -0.2) is 4.79 Å². The van der Waals surface area contributed by atoms with Gasteiger partial charge in [0.15, 0.2) is 0 Å². The van der Waals surface area contributed by atoms with Crippen LogP contribution in [0.1, 0.15) is 26.2 Å². The lowest BCUT2D eigenvalue weighted by Gasteiger charge is -2.17. The van der Waals surface area contributed by atoms with Crippen LogP contribution in [0.25, 0.3) is 0 Å². The van der Waals surface area contributed by atoms with Crippen LogP contribution in [0.4, 0.5) is 10.8 Å². The fraction of sp³-hybridized carbons (Fsp3) is 0.500. The van der Waals surface area contributed by atoms with E-state index in [4.69, 9.17) is 9.52 Å². The van der Waals surface area contributed by atoms with Crippen LogP contribution < -0.4 is 10.6 Å². The fourth-order valence-electron chi connectivity index (χ4n) is 1.12. The van der Waals surface area contributed by atoms with Gasteiger partial charge in [-0.05, 0) is 13.8 Å². The van der Waals surface area contributed by atoms with Crippen LogP contribution in [0.2, 0.25) is 0 Å². The molecule has 3 amide bonds. The summed E-state index contributed by atoms with van der Waals surface area (Å²) in [5, 5.41) is 19.9. The van der Waals surface area contributed by atoms with E-state index in [-0.39, 0.29) is 18.3 Å². The Labute approximate surface area is 108 Å². The molecule has 3 N–H and O–H groups in total. The number of anilines is 1. The molecule has 19 heavy (non-hydrogen) atoms. The average molecular weight is 270 g/mol. The number of amides is 3. The van der Waals surface area contributed by atoms with Crippen LogP contribution >= 0.6 is 0 Å². The van der Waals surface area contributed by atoms with E-state index in [1.54, 1.807) is 0 Å². The highest BCUT2D eigenvalue weighted by Crippen LogP contribution is 2.19. The second kappa shape index (κ2) is 5.46. The van der Waals surface area contributed by atoms with E-state index in [0.717, 1.165) is 0 Å². The Balaban J connectivity index is 2.49. The first-order chi connectivity index (χ1) is 8.70. The summed E-state index contributed by atoms with van der Waals surface area (Å²) in [6, 6.07) is -1.02. The molecule has 0 aromatic carbocycles. The fourth-order valence-corrected chi connectivity index (χ4v) is 1.12. The van der Waals surface area contributed by atoms with Crippen molar-refractivity contribution in [2.75, 3.05) is 5.32 Å². The molecule has 0 spiro atoms. The molecule has 0 fully saturated rings. The Hall–Kier alpha value is -2.45. The number of rotatable bonds is 4. The van der Waals surface area contributed by atoms with Crippen molar-refractivity contribution in [1.82, 2.24) is 15.5 Å². The molecule has 1 aromatic rings. The first-order valence-electron chi connectivity index (χ1n) is 5.35. The van der Waals surface area contributed by atoms with E-state index in [9.17, 15) is 14.4 Å². The Morgan fingerprint density at radius 2 is 1.95 bits per heavy atom. The normalized spacial score (nSPS) is 10.9. The number of carboxylic acid groups (broad SMARTS) is 1. The van der Waals surface area contributed by atoms with Crippen molar-refractivity contribution >= 4 is 23.9 Å². The zero-order chi connectivity index (χ0) is 14.6. The minimum absolute atomic E-state index is 0.153. The molecule has 0 aliphatic heterocycles. The van der Waals surface area contributed by atoms with E-state index in [0.29, 0.717) is 0 Å². The average Bonchev–Trinajstić information content (AvgIpc) is 2.61. The topological polar surface area (TPSA) is 134 Å². The van der Waals surface area contributed by atoms with Gasteiger partial charge < -0.3 is 9.52 Å². The van der Waals surface area contributed by atoms with Crippen molar-refractivity contribution in [3.8, 4) is 0 Å². The van der Waals surface area contributed by atoms with Crippen LogP contribution in [0, 0.1) is 12.3 Å². The molecule has 0 radical (unpaired) electrons. The van der Waals surface area contributed by atoms with Crippen molar-refractivity contribution in [3.05, 3.63) is 5.89 Å². The number of aliphatic carboxylic acids is 1. The lowest BCUT2D eigenvalue weighted by atomic mass is 9.89. The van der Waals surface area contributed by atoms with Gasteiger partial charge in [-0.15, -0.1) is 5.10 Å². The number of nitrogens with one attached hydrogen (secondary N) is 2. The molecule has 1 rings (SSSR count). The summed E-state index contributed by atoms with van der Waals surface area (Å²) in [6.07, 6.45) is -0.335. The van der Waals surface area contributed by atoms with E-state index in [1.165, 1.54) is 20.8 Å². The molecular formula is C10H14N4O5. The summed E-state index contributed by atoms with van der Waals surface area (Å²) in [5.74, 6) is -1.59. The molecule has 0 atom stereocenters. The van der Waals surface area contributed by atoms with Gasteiger partial charge in [0.25, 0.3) is 0 Å². The van der Waals surface area contributed by atoms with E-state index in [1.807, 2.05) is 5.32 Å². The number of carbonyl (C=O) groups is 3. The molecule has 1 aromatic heterocycles. The third-order valence-electron chi connectivity index (χ3n) is 2.18. The molecule has 0 aliphatic rings. The van der Waals surface area contributed by atoms with Gasteiger partial charge in [0, 0.05) is 13.3 Å². The lowest BCUT2D eigenvalue weighted by molar-refractivity contribution is -0.149. The first-order valence-corrected chi connectivity index (χ1v) is 5.35. The molecule has 0 aliphatic carbocycles. The van der Waals surface area contributed by atoms with Crippen molar-refractivity contribution in [1.29, 1.82) is 0 Å². The minimum Gasteiger partial charge on any atom is -0.481 e. The summed E-state index contributed by atoms with van der Waals surface area (Å²) in [5.41, 5.74) is -1.26. The van der Waals surface area contributed by atoms with Crippen molar-refractivity contribution < 1.29 is 23.9 Å². The van der Waals surface area contributed by atoms with Gasteiger partial charge in [0.2, 0.25) is 11.8 Å². The summed E-state index contributed by atoms with van der Waals surface area (Å²) in [7, 11) is 0. The maximum absolute atomic E-state index is 11.5. The van der Waals surface area contributed by atoms with Gasteiger partial charge in [0.05, 0.1) is 5.41 Å². The van der Waals surface area contributed by atoms with E-state index >= 15 is 0 Å². The van der Waals surface area contributed by atoms with Crippen molar-refractivity contribution in [3.63, 3.8) is 0 Å². The summed E-state index contributed by atoms with van der Waals surface area (Å²) in [4.78, 5) is 33.7. The van der Waals surface area contributed by atoms with Crippen LogP contribution in [0.3, 0.4) is 0 Å². The van der Waals surface area contributed by atoms with Gasteiger partial charge >= 0.3 is 18.0 Å². The van der Waals surface area contributed by atoms with E-state index < -0.39 is 23.3 Å². The minimum atomic E-state index is -1.26. The second-order valence-electron chi connectivity index (χ2n) is 4.49. The Bertz CT molecular complexity index is 508. The highest BCUT2D eigenvalue weighted by Gasteiger charge is 2.30. The molecule has 9 nitrogen and oxygen atoms in total. The number of carboxylic acids is 1. The Kier molecular flexibility index (Phi) is 4.20. The lowest BCUT2D eigenvalue weighted by Crippen LogP contribution is -2.38. The van der Waals surface area contributed by atoms with Gasteiger partial charge in [-0.3, -0.25) is 20.2 Å². The first kappa shape index (κ1) is 14.6. The number of aryl methyl sites for hydroxylation is 1. The zero-order valence-corrected chi connectivity index (χ0v) is 10.7. The number of imide groups is 1. The summed E-state index contributed by atoms with van der Waals surface area (Å²) >= 11 is 0. The maximum Gasteiger partial charge on any atom is 0.329 e. The smallest absolute Gasteiger partial charge is 0.329 e. The molecule has 1 heterocycles. The summed E-state index contributed by atoms with van der Waals surface area (Å²) < 4.78 is 4.88. The molecule has 0 bridgehead atoms. The van der Waals surface area contributed by atoms with Crippen molar-refractivity contribution in [2.45, 2.75) is 27.2 Å². The second-order valence-corrected chi connectivity index (χ2v) is 4.49. The number of hydrogen-bond acceptors (Lipinski definition) is 6. The highest BCUT2D eigenvalue weighted by atomic mass is 16.4. The third-order valence-corrected chi connectivity index (χ3v) is 2.18. The summed E-state index contributed by atoms with van der Waals surface area (Å²) in [6.45, 7) is 4.30. The van der Waals surface area contributed by atoms with Crippen LogP contribution in [0.15, 0.2) is 4.42 Å². The predicted octanol–water partition coefficient (Wildman–Crippen LogP) is 0.527. The number of urea groups is 1. The number of nitrogens with zero attached hydrogens (tertiary/aromatic N) is 2. The quantitative estimate of drug-likeness (QED) is 0.726. The van der Waals surface area contributed by atoms with Crippen molar-refractivity contribution in [2.24, 2.45) is 5.41 Å². The predicted molar refractivity (Wildman–Crippen MR) is 62.2 cm³/mol. The van der Waals surface area contributed by atoms with Gasteiger partial charge in [-0.2, -0.15) is 0 Å². The molecule has 0 unspecified atom stereocenters. The Morgan fingerprint density at radius 3 is 2.42 bits per heavy atom. The van der Waals surface area contributed by atoms with Gasteiger partial charge in [-0.1, -0.05) is 5.10 Å². The number of aromatic nitrogens is 2. The number of hydrogen-bond donors (Lipinski definition) is 3. The van der Waals surface area contributed by atoms with Gasteiger partial charge in [0.1, 0.15) is 0 Å². The molecular weight excluding hydrogens is 256 g/mol. The molecule has 104 valence electrons. The molecule has 0 saturated carbocycles. The Morgan fingerprint density at radius 1 is 1.32 bits per heavy atom. The highest BCUT2D eigenvalue weighted by molar-refractivity contribution is 6.01. The maximum atomic E-state index is 11.5. The van der Waals surface area contributed by atoms with Crippen LogP contribution in [-0.4, -0.2) is 33.2 Å². The molecule has 9 heteroatoms. The largest absolute Gasteiger partial charge is 0.481 e. The third kappa shape index (κ3) is 4.37. The SMILES string of the molecule is Cc1nnc(NC(=O)NC(=O)CC(C)(C)C(=O)O)o1. The monoisotopic (exact) mass is 270 g/mol. The van der Waals surface area contributed by atoms with Crippen LogP contribution in [0.5, 0.6) is 0 Å². The molecule has 0 saturated heterocycles. The van der Waals surface area contributed by atoms with E-state index in [2.05, 4.69) is 15.5 Å². The standard InChI is InChI=1S/C10H14N4O5/c1-5-13-14-9(19-5)12-8(18)11-6(15)4-10(2,3)7(16)17/h4H2,1-3H3,(H,16,17)(H2,11,12,14,15,18). The van der Waals surface area contributed by atoms with Crippen LogP contribution in [-0.2, 0) is 9.59 Å². The number of carbonyl (C=O) groups excluding carboxylic acids is 2.